The maximum Gasteiger partial charge on any atom is 0.416 e. The lowest BCUT2D eigenvalue weighted by Gasteiger charge is -2.29. The van der Waals surface area contributed by atoms with E-state index in [4.69, 9.17) is 0 Å². The zero-order valence-corrected chi connectivity index (χ0v) is 12.9. The number of rotatable bonds is 2. The van der Waals surface area contributed by atoms with Crippen LogP contribution in [0, 0.1) is 16.7 Å². The maximum absolute atomic E-state index is 13.0. The van der Waals surface area contributed by atoms with Crippen molar-refractivity contribution in [2.75, 3.05) is 11.9 Å². The number of hydrogen-bond acceptors (Lipinski definition) is 2. The van der Waals surface area contributed by atoms with Gasteiger partial charge in [0.15, 0.2) is 0 Å². The SMILES string of the molecule is CN1C(=O)[C@@](C)(CC(C)(C)C#N)c2cc(C(F)(F)F)ccc21. The average molecular weight is 310 g/mol. The van der Waals surface area contributed by atoms with E-state index in [2.05, 4.69) is 6.07 Å². The molecule has 6 heteroatoms. The van der Waals surface area contributed by atoms with Gasteiger partial charge in [-0.25, -0.2) is 0 Å². The van der Waals surface area contributed by atoms with Gasteiger partial charge >= 0.3 is 6.18 Å². The monoisotopic (exact) mass is 310 g/mol. The average Bonchev–Trinajstić information content (AvgIpc) is 2.59. The number of fused-ring (bicyclic) bond motifs is 1. The summed E-state index contributed by atoms with van der Waals surface area (Å²) >= 11 is 0. The van der Waals surface area contributed by atoms with E-state index in [9.17, 15) is 23.2 Å². The fourth-order valence-electron chi connectivity index (χ4n) is 3.14. The van der Waals surface area contributed by atoms with Crippen molar-refractivity contribution in [3.05, 3.63) is 29.3 Å². The Morgan fingerprint density at radius 2 is 1.91 bits per heavy atom. The normalized spacial score (nSPS) is 21.7. The fraction of sp³-hybridized carbons (Fsp3) is 0.500. The number of anilines is 1. The number of hydrogen-bond donors (Lipinski definition) is 0. The lowest BCUT2D eigenvalue weighted by atomic mass is 9.71. The molecule has 0 aromatic heterocycles. The third-order valence-corrected chi connectivity index (χ3v) is 4.15. The molecule has 22 heavy (non-hydrogen) atoms. The number of alkyl halides is 3. The third kappa shape index (κ3) is 2.45. The molecule has 0 radical (unpaired) electrons. The van der Waals surface area contributed by atoms with E-state index in [-0.39, 0.29) is 12.3 Å². The summed E-state index contributed by atoms with van der Waals surface area (Å²) < 4.78 is 38.9. The van der Waals surface area contributed by atoms with Crippen molar-refractivity contribution in [1.82, 2.24) is 0 Å². The highest BCUT2D eigenvalue weighted by atomic mass is 19.4. The topological polar surface area (TPSA) is 44.1 Å². The highest BCUT2D eigenvalue weighted by Gasteiger charge is 2.49. The van der Waals surface area contributed by atoms with Gasteiger partial charge in [0.25, 0.3) is 0 Å². The van der Waals surface area contributed by atoms with Crippen molar-refractivity contribution >= 4 is 11.6 Å². The highest BCUT2D eigenvalue weighted by Crippen LogP contribution is 2.48. The summed E-state index contributed by atoms with van der Waals surface area (Å²) in [6.45, 7) is 4.96. The smallest absolute Gasteiger partial charge is 0.314 e. The van der Waals surface area contributed by atoms with Crippen LogP contribution in [0.1, 0.15) is 38.3 Å². The van der Waals surface area contributed by atoms with E-state index in [0.717, 1.165) is 12.1 Å². The van der Waals surface area contributed by atoms with Gasteiger partial charge < -0.3 is 4.90 Å². The van der Waals surface area contributed by atoms with Crippen LogP contribution in [0.4, 0.5) is 18.9 Å². The van der Waals surface area contributed by atoms with E-state index < -0.39 is 22.6 Å². The Labute approximate surface area is 127 Å². The van der Waals surface area contributed by atoms with Crippen molar-refractivity contribution in [2.24, 2.45) is 5.41 Å². The van der Waals surface area contributed by atoms with Crippen LogP contribution >= 0.6 is 0 Å². The van der Waals surface area contributed by atoms with Gasteiger partial charge in [0, 0.05) is 12.7 Å². The molecule has 0 saturated heterocycles. The van der Waals surface area contributed by atoms with Crippen molar-refractivity contribution < 1.29 is 18.0 Å². The number of nitrogens with zero attached hydrogens (tertiary/aromatic N) is 2. The summed E-state index contributed by atoms with van der Waals surface area (Å²) in [7, 11) is 1.54. The first-order valence-electron chi connectivity index (χ1n) is 6.83. The van der Waals surface area contributed by atoms with E-state index in [1.807, 2.05) is 0 Å². The molecule has 0 bridgehead atoms. The molecule has 0 aliphatic carbocycles. The molecule has 1 atom stereocenters. The molecule has 0 unspecified atom stereocenters. The lowest BCUT2D eigenvalue weighted by Crippen LogP contribution is -2.39. The first-order chi connectivity index (χ1) is 9.92. The van der Waals surface area contributed by atoms with Gasteiger partial charge in [0.1, 0.15) is 0 Å². The molecule has 118 valence electrons. The summed E-state index contributed by atoms with van der Waals surface area (Å²) in [6, 6.07) is 5.44. The van der Waals surface area contributed by atoms with Crippen LogP contribution in [-0.4, -0.2) is 13.0 Å². The second-order valence-electron chi connectivity index (χ2n) is 6.60. The molecule has 1 aromatic carbocycles. The Morgan fingerprint density at radius 1 is 1.32 bits per heavy atom. The molecular formula is C16H17F3N2O. The first kappa shape index (κ1) is 16.3. The molecule has 3 nitrogen and oxygen atoms in total. The minimum absolute atomic E-state index is 0.161. The lowest BCUT2D eigenvalue weighted by molar-refractivity contribution is -0.137. The summed E-state index contributed by atoms with van der Waals surface area (Å²) in [4.78, 5) is 13.9. The van der Waals surface area contributed by atoms with Crippen LogP contribution < -0.4 is 4.90 Å². The molecular weight excluding hydrogens is 293 g/mol. The first-order valence-corrected chi connectivity index (χ1v) is 6.83. The predicted molar refractivity (Wildman–Crippen MR) is 76.2 cm³/mol. The fourth-order valence-corrected chi connectivity index (χ4v) is 3.14. The van der Waals surface area contributed by atoms with Gasteiger partial charge in [-0.2, -0.15) is 18.4 Å². The van der Waals surface area contributed by atoms with Crippen LogP contribution in [0.3, 0.4) is 0 Å². The van der Waals surface area contributed by atoms with Crippen LogP contribution in [0.2, 0.25) is 0 Å². The van der Waals surface area contributed by atoms with Gasteiger partial charge in [0.2, 0.25) is 5.91 Å². The molecule has 0 spiro atoms. The van der Waals surface area contributed by atoms with Crippen LogP contribution in [0.15, 0.2) is 18.2 Å². The Balaban J connectivity index is 2.61. The summed E-state index contributed by atoms with van der Waals surface area (Å²) in [5.74, 6) is -0.287. The van der Waals surface area contributed by atoms with Gasteiger partial charge in [0.05, 0.1) is 22.5 Å². The number of nitriles is 1. The second kappa shape index (κ2) is 4.73. The minimum atomic E-state index is -4.47. The minimum Gasteiger partial charge on any atom is -0.314 e. The Kier molecular flexibility index (Phi) is 3.52. The molecule has 1 aliphatic rings. The molecule has 1 aliphatic heterocycles. The summed E-state index contributed by atoms with van der Waals surface area (Å²) in [5.41, 5.74) is -1.94. The standard InChI is InChI=1S/C16H17F3N2O/c1-14(2,9-20)8-15(3)11-7-10(16(17,18)19)5-6-12(11)21(4)13(15)22/h5-7H,8H2,1-4H3/t15-/m0/s1. The summed E-state index contributed by atoms with van der Waals surface area (Å²) in [6.07, 6.45) is -4.31. The third-order valence-electron chi connectivity index (χ3n) is 4.15. The quantitative estimate of drug-likeness (QED) is 0.832. The van der Waals surface area contributed by atoms with Gasteiger partial charge in [-0.3, -0.25) is 4.79 Å². The Hall–Kier alpha value is -2.03. The van der Waals surface area contributed by atoms with Crippen molar-refractivity contribution in [3.8, 4) is 6.07 Å². The van der Waals surface area contributed by atoms with E-state index in [1.165, 1.54) is 11.0 Å². The number of likely N-dealkylation sites (N-methyl/N-ethyl adjacent to an activating group) is 1. The van der Waals surface area contributed by atoms with Crippen molar-refractivity contribution in [2.45, 2.75) is 38.8 Å². The maximum atomic E-state index is 13.0. The number of carbonyl (C=O) groups excluding carboxylic acids is 1. The van der Waals surface area contributed by atoms with Gasteiger partial charge in [-0.1, -0.05) is 0 Å². The molecule has 1 amide bonds. The Bertz CT molecular complexity index is 673. The van der Waals surface area contributed by atoms with Crippen molar-refractivity contribution in [3.63, 3.8) is 0 Å². The molecule has 0 fully saturated rings. The zero-order valence-electron chi connectivity index (χ0n) is 12.9. The van der Waals surface area contributed by atoms with Crippen LogP contribution in [0.25, 0.3) is 0 Å². The highest BCUT2D eigenvalue weighted by molar-refractivity contribution is 6.07. The molecule has 0 saturated carbocycles. The number of amides is 1. The number of benzene rings is 1. The van der Waals surface area contributed by atoms with E-state index in [0.29, 0.717) is 11.3 Å². The number of halogens is 3. The molecule has 1 aromatic rings. The Morgan fingerprint density at radius 3 is 2.41 bits per heavy atom. The van der Waals surface area contributed by atoms with Crippen molar-refractivity contribution in [1.29, 1.82) is 5.26 Å². The largest absolute Gasteiger partial charge is 0.416 e. The van der Waals surface area contributed by atoms with Gasteiger partial charge in [-0.15, -0.1) is 0 Å². The number of carbonyl (C=O) groups is 1. The molecule has 2 rings (SSSR count). The predicted octanol–water partition coefficient (Wildman–Crippen LogP) is 3.88. The molecule has 0 N–H and O–H groups in total. The van der Waals surface area contributed by atoms with E-state index in [1.54, 1.807) is 27.8 Å². The molecule has 1 heterocycles. The summed E-state index contributed by atoms with van der Waals surface area (Å²) in [5, 5.41) is 9.20. The van der Waals surface area contributed by atoms with Crippen LogP contribution in [-0.2, 0) is 16.4 Å². The van der Waals surface area contributed by atoms with E-state index >= 15 is 0 Å². The second-order valence-corrected chi connectivity index (χ2v) is 6.60. The zero-order chi connectivity index (χ0) is 16.9. The van der Waals surface area contributed by atoms with Crippen LogP contribution in [0.5, 0.6) is 0 Å². The van der Waals surface area contributed by atoms with Gasteiger partial charge in [-0.05, 0) is 51.0 Å².